The molecule has 15 heavy (non-hydrogen) atoms. The zero-order valence-electron chi connectivity index (χ0n) is 8.68. The minimum Gasteiger partial charge on any atom is -0.328 e. The van der Waals surface area contributed by atoms with E-state index in [9.17, 15) is 8.42 Å². The summed E-state index contributed by atoms with van der Waals surface area (Å²) in [5.41, 5.74) is 5.53. The number of rotatable bonds is 5. The first kappa shape index (κ1) is 12.2. The topological polar surface area (TPSA) is 72.2 Å². The molecule has 0 unspecified atom stereocenters. The smallest absolute Gasteiger partial charge is 0.240 e. The molecule has 0 aromatic heterocycles. The number of nitrogens with one attached hydrogen (secondary N) is 1. The highest BCUT2D eigenvalue weighted by molar-refractivity contribution is 7.89. The van der Waals surface area contributed by atoms with E-state index in [1.165, 1.54) is 0 Å². The summed E-state index contributed by atoms with van der Waals surface area (Å²) >= 11 is 0. The Morgan fingerprint density at radius 1 is 1.33 bits per heavy atom. The Hall–Kier alpha value is -0.910. The third-order valence-electron chi connectivity index (χ3n) is 1.95. The van der Waals surface area contributed by atoms with E-state index in [-0.39, 0.29) is 10.9 Å². The van der Waals surface area contributed by atoms with Crippen LogP contribution in [0.5, 0.6) is 0 Å². The summed E-state index contributed by atoms with van der Waals surface area (Å²) in [5.74, 6) is 0. The molecular formula is C10H16N2O2S. The van der Waals surface area contributed by atoms with E-state index in [0.29, 0.717) is 13.0 Å². The van der Waals surface area contributed by atoms with Crippen molar-refractivity contribution in [3.63, 3.8) is 0 Å². The van der Waals surface area contributed by atoms with Crippen LogP contribution in [0.1, 0.15) is 13.3 Å². The number of hydrogen-bond donors (Lipinski definition) is 2. The molecule has 0 bridgehead atoms. The van der Waals surface area contributed by atoms with Crippen molar-refractivity contribution in [2.45, 2.75) is 24.3 Å². The molecule has 0 radical (unpaired) electrons. The molecule has 1 rings (SSSR count). The molecule has 0 aliphatic heterocycles. The van der Waals surface area contributed by atoms with Gasteiger partial charge in [-0.2, -0.15) is 0 Å². The molecule has 1 aromatic carbocycles. The van der Waals surface area contributed by atoms with Crippen LogP contribution in [0.4, 0.5) is 0 Å². The highest BCUT2D eigenvalue weighted by Gasteiger charge is 2.12. The van der Waals surface area contributed by atoms with Gasteiger partial charge in [-0.1, -0.05) is 18.2 Å². The van der Waals surface area contributed by atoms with Crippen molar-refractivity contribution in [2.24, 2.45) is 5.73 Å². The third kappa shape index (κ3) is 3.99. The first-order valence-electron chi connectivity index (χ1n) is 4.82. The molecule has 1 atom stereocenters. The van der Waals surface area contributed by atoms with E-state index in [4.69, 9.17) is 5.73 Å². The molecule has 0 saturated carbocycles. The Kier molecular flexibility index (Phi) is 4.26. The van der Waals surface area contributed by atoms with Crippen molar-refractivity contribution in [1.29, 1.82) is 0 Å². The zero-order valence-corrected chi connectivity index (χ0v) is 9.50. The first-order valence-corrected chi connectivity index (χ1v) is 6.31. The Balaban J connectivity index is 2.61. The molecule has 0 aliphatic rings. The van der Waals surface area contributed by atoms with Crippen LogP contribution in [0.15, 0.2) is 35.2 Å². The molecule has 0 amide bonds. The molecule has 1 aromatic rings. The van der Waals surface area contributed by atoms with Crippen LogP contribution >= 0.6 is 0 Å². The zero-order chi connectivity index (χ0) is 11.3. The summed E-state index contributed by atoms with van der Waals surface area (Å²) in [4.78, 5) is 0.287. The van der Waals surface area contributed by atoms with Crippen LogP contribution in [0.3, 0.4) is 0 Å². The average molecular weight is 228 g/mol. The quantitative estimate of drug-likeness (QED) is 0.779. The van der Waals surface area contributed by atoms with Crippen molar-refractivity contribution < 1.29 is 8.42 Å². The second kappa shape index (κ2) is 5.25. The maximum Gasteiger partial charge on any atom is 0.240 e. The van der Waals surface area contributed by atoms with Gasteiger partial charge in [0.05, 0.1) is 4.90 Å². The summed E-state index contributed by atoms with van der Waals surface area (Å²) < 4.78 is 25.8. The fourth-order valence-corrected chi connectivity index (χ4v) is 2.17. The van der Waals surface area contributed by atoms with E-state index in [2.05, 4.69) is 4.72 Å². The number of sulfonamides is 1. The fraction of sp³-hybridized carbons (Fsp3) is 0.400. The number of benzene rings is 1. The van der Waals surface area contributed by atoms with Crippen LogP contribution < -0.4 is 10.5 Å². The van der Waals surface area contributed by atoms with E-state index in [1.807, 2.05) is 6.92 Å². The van der Waals surface area contributed by atoms with Crippen LogP contribution in [0.25, 0.3) is 0 Å². The van der Waals surface area contributed by atoms with Gasteiger partial charge in [-0.25, -0.2) is 13.1 Å². The highest BCUT2D eigenvalue weighted by atomic mass is 32.2. The molecule has 3 N–H and O–H groups in total. The Labute approximate surface area is 90.5 Å². The van der Waals surface area contributed by atoms with Crippen molar-refractivity contribution in [3.8, 4) is 0 Å². The second-order valence-electron chi connectivity index (χ2n) is 3.48. The molecule has 5 heteroatoms. The minimum atomic E-state index is -3.36. The monoisotopic (exact) mass is 228 g/mol. The fourth-order valence-electron chi connectivity index (χ4n) is 1.10. The summed E-state index contributed by atoms with van der Waals surface area (Å²) in [7, 11) is -3.36. The Morgan fingerprint density at radius 2 is 1.93 bits per heavy atom. The van der Waals surface area contributed by atoms with Crippen LogP contribution in [0, 0.1) is 0 Å². The lowest BCUT2D eigenvalue weighted by molar-refractivity contribution is 0.572. The van der Waals surface area contributed by atoms with E-state index >= 15 is 0 Å². The van der Waals surface area contributed by atoms with E-state index in [1.54, 1.807) is 30.3 Å². The van der Waals surface area contributed by atoms with Gasteiger partial charge in [0.2, 0.25) is 10.0 Å². The molecule has 0 heterocycles. The summed E-state index contributed by atoms with van der Waals surface area (Å²) in [6.45, 7) is 2.21. The van der Waals surface area contributed by atoms with E-state index in [0.717, 1.165) is 0 Å². The van der Waals surface area contributed by atoms with Crippen LogP contribution in [-0.2, 0) is 10.0 Å². The standard InChI is InChI=1S/C10H16N2O2S/c1-9(11)7-8-12-15(13,14)10-5-3-2-4-6-10/h2-6,9,12H,7-8,11H2,1H3/t9-/m1/s1. The Bertz CT molecular complexity index is 387. The van der Waals surface area contributed by atoms with Crippen molar-refractivity contribution in [3.05, 3.63) is 30.3 Å². The van der Waals surface area contributed by atoms with Crippen molar-refractivity contribution in [2.75, 3.05) is 6.54 Å². The van der Waals surface area contributed by atoms with Gasteiger partial charge < -0.3 is 5.73 Å². The second-order valence-corrected chi connectivity index (χ2v) is 5.24. The lowest BCUT2D eigenvalue weighted by Gasteiger charge is -2.07. The van der Waals surface area contributed by atoms with Gasteiger partial charge >= 0.3 is 0 Å². The van der Waals surface area contributed by atoms with Gasteiger partial charge in [-0.3, -0.25) is 0 Å². The van der Waals surface area contributed by atoms with Crippen LogP contribution in [-0.4, -0.2) is 21.0 Å². The van der Waals surface area contributed by atoms with Gasteiger partial charge in [0.25, 0.3) is 0 Å². The average Bonchev–Trinajstić information content (AvgIpc) is 2.18. The number of nitrogens with two attached hydrogens (primary N) is 1. The molecule has 0 aliphatic carbocycles. The molecular weight excluding hydrogens is 212 g/mol. The normalized spacial score (nSPS) is 13.7. The van der Waals surface area contributed by atoms with Gasteiger partial charge in [0.1, 0.15) is 0 Å². The molecule has 84 valence electrons. The van der Waals surface area contributed by atoms with E-state index < -0.39 is 10.0 Å². The summed E-state index contributed by atoms with van der Waals surface area (Å²) in [5, 5.41) is 0. The third-order valence-corrected chi connectivity index (χ3v) is 3.42. The largest absolute Gasteiger partial charge is 0.328 e. The maximum atomic E-state index is 11.7. The van der Waals surface area contributed by atoms with Gasteiger partial charge in [0.15, 0.2) is 0 Å². The van der Waals surface area contributed by atoms with Gasteiger partial charge in [0, 0.05) is 12.6 Å². The number of hydrogen-bond acceptors (Lipinski definition) is 3. The predicted octanol–water partition coefficient (Wildman–Crippen LogP) is 0.702. The SMILES string of the molecule is C[C@@H](N)CCNS(=O)(=O)c1ccccc1. The lowest BCUT2D eigenvalue weighted by atomic mass is 10.3. The van der Waals surface area contributed by atoms with Gasteiger partial charge in [-0.05, 0) is 25.5 Å². The minimum absolute atomic E-state index is 0.00322. The maximum absolute atomic E-state index is 11.7. The predicted molar refractivity (Wildman–Crippen MR) is 59.9 cm³/mol. The summed E-state index contributed by atoms with van der Waals surface area (Å²) in [6.07, 6.45) is 0.631. The lowest BCUT2D eigenvalue weighted by Crippen LogP contribution is -2.29. The summed E-state index contributed by atoms with van der Waals surface area (Å²) in [6, 6.07) is 8.30. The van der Waals surface area contributed by atoms with Crippen LogP contribution in [0.2, 0.25) is 0 Å². The van der Waals surface area contributed by atoms with Crippen molar-refractivity contribution in [1.82, 2.24) is 4.72 Å². The molecule has 0 spiro atoms. The molecule has 0 saturated heterocycles. The molecule has 0 fully saturated rings. The Morgan fingerprint density at radius 3 is 2.47 bits per heavy atom. The first-order chi connectivity index (χ1) is 7.02. The molecule has 4 nitrogen and oxygen atoms in total. The highest BCUT2D eigenvalue weighted by Crippen LogP contribution is 2.06. The van der Waals surface area contributed by atoms with Gasteiger partial charge in [-0.15, -0.1) is 0 Å². The van der Waals surface area contributed by atoms with Crippen molar-refractivity contribution >= 4 is 10.0 Å².